The molecule has 1 amide bonds. The summed E-state index contributed by atoms with van der Waals surface area (Å²) in [6, 6.07) is 2.06. The van der Waals surface area contributed by atoms with Crippen molar-refractivity contribution < 1.29 is 13.6 Å². The van der Waals surface area contributed by atoms with E-state index in [9.17, 15) is 13.6 Å². The minimum atomic E-state index is -2.33. The Morgan fingerprint density at radius 1 is 1.28 bits per heavy atom. The van der Waals surface area contributed by atoms with Crippen molar-refractivity contribution in [3.63, 3.8) is 0 Å². The number of alkyl halides is 2. The number of amides is 1. The number of nitrogens with one attached hydrogen (secondary N) is 1. The lowest BCUT2D eigenvalue weighted by atomic mass is 10.1. The van der Waals surface area contributed by atoms with E-state index in [-0.39, 0.29) is 24.9 Å². The van der Waals surface area contributed by atoms with Crippen LogP contribution in [-0.2, 0) is 0 Å². The number of rotatable bonds is 4. The number of hydrogen-bond donors (Lipinski definition) is 1. The maximum atomic E-state index is 12.6. The van der Waals surface area contributed by atoms with E-state index in [4.69, 9.17) is 0 Å². The van der Waals surface area contributed by atoms with E-state index in [1.807, 2.05) is 10.9 Å². The molecule has 3 heterocycles. The molecule has 9 heteroatoms. The van der Waals surface area contributed by atoms with Crippen molar-refractivity contribution in [1.82, 2.24) is 24.9 Å². The molecule has 25 heavy (non-hydrogen) atoms. The first-order chi connectivity index (χ1) is 11.6. The summed E-state index contributed by atoms with van der Waals surface area (Å²) in [5.74, 6) is -0.101. The maximum absolute atomic E-state index is 12.6. The van der Waals surface area contributed by atoms with Crippen LogP contribution in [-0.4, -0.2) is 77.7 Å². The Morgan fingerprint density at radius 2 is 2.12 bits per heavy atom. The smallest absolute Gasteiger partial charge is 0.274 e. The number of nitrogens with zero attached hydrogens (tertiary/aromatic N) is 4. The summed E-state index contributed by atoms with van der Waals surface area (Å²) in [7, 11) is 0. The molecule has 6 nitrogen and oxygen atoms in total. The molecule has 1 unspecified atom stereocenters. The molecule has 2 aliphatic rings. The van der Waals surface area contributed by atoms with Crippen LogP contribution >= 0.6 is 12.4 Å². The molecule has 2 aliphatic heterocycles. The Hall–Kier alpha value is -1.25. The predicted octanol–water partition coefficient (Wildman–Crippen LogP) is 1.64. The summed E-state index contributed by atoms with van der Waals surface area (Å²) in [6.45, 7) is 3.86. The Bertz CT molecular complexity index is 550. The van der Waals surface area contributed by atoms with Gasteiger partial charge in [-0.15, -0.1) is 12.4 Å². The van der Waals surface area contributed by atoms with Gasteiger partial charge in [0.1, 0.15) is 5.69 Å². The van der Waals surface area contributed by atoms with Gasteiger partial charge < -0.3 is 10.2 Å². The number of carbonyl (C=O) groups is 1. The fourth-order valence-electron chi connectivity index (χ4n) is 3.43. The van der Waals surface area contributed by atoms with Crippen molar-refractivity contribution in [2.75, 3.05) is 45.8 Å². The van der Waals surface area contributed by atoms with E-state index in [1.165, 1.54) is 0 Å². The van der Waals surface area contributed by atoms with E-state index < -0.39 is 6.43 Å². The van der Waals surface area contributed by atoms with Gasteiger partial charge in [0, 0.05) is 38.9 Å². The van der Waals surface area contributed by atoms with Gasteiger partial charge in [0.25, 0.3) is 12.3 Å². The van der Waals surface area contributed by atoms with E-state index in [2.05, 4.69) is 10.4 Å². The number of piperidine rings is 1. The van der Waals surface area contributed by atoms with Gasteiger partial charge in [0.05, 0.1) is 12.6 Å². The summed E-state index contributed by atoms with van der Waals surface area (Å²) >= 11 is 0. The molecule has 1 aromatic rings. The number of hydrogen-bond acceptors (Lipinski definition) is 4. The zero-order valence-corrected chi connectivity index (χ0v) is 15.1. The second kappa shape index (κ2) is 9.45. The van der Waals surface area contributed by atoms with Crippen LogP contribution < -0.4 is 5.32 Å². The molecule has 0 bridgehead atoms. The van der Waals surface area contributed by atoms with Gasteiger partial charge in [0.2, 0.25) is 0 Å². The van der Waals surface area contributed by atoms with Crippen LogP contribution in [0.15, 0.2) is 12.3 Å². The van der Waals surface area contributed by atoms with Gasteiger partial charge >= 0.3 is 0 Å². The highest BCUT2D eigenvalue weighted by Crippen LogP contribution is 2.17. The van der Waals surface area contributed by atoms with Crippen LogP contribution in [0, 0.1) is 0 Å². The highest BCUT2D eigenvalue weighted by Gasteiger charge is 2.24. The van der Waals surface area contributed by atoms with Gasteiger partial charge in [-0.1, -0.05) is 0 Å². The summed E-state index contributed by atoms with van der Waals surface area (Å²) in [5, 5.41) is 7.80. The lowest BCUT2D eigenvalue weighted by Crippen LogP contribution is -2.37. The average molecular weight is 378 g/mol. The summed E-state index contributed by atoms with van der Waals surface area (Å²) in [5.41, 5.74) is 0.447. The minimum absolute atomic E-state index is 0. The molecule has 1 atom stereocenters. The normalized spacial score (nSPS) is 22.5. The second-order valence-corrected chi connectivity index (χ2v) is 6.52. The number of halogens is 3. The van der Waals surface area contributed by atoms with E-state index in [0.717, 1.165) is 25.9 Å². The third kappa shape index (κ3) is 5.36. The highest BCUT2D eigenvalue weighted by atomic mass is 35.5. The lowest BCUT2D eigenvalue weighted by Gasteiger charge is -2.23. The van der Waals surface area contributed by atoms with Crippen LogP contribution in [0.25, 0.3) is 0 Å². The molecule has 1 aromatic heterocycles. The zero-order chi connectivity index (χ0) is 16.9. The van der Waals surface area contributed by atoms with Crippen molar-refractivity contribution in [2.45, 2.75) is 31.7 Å². The van der Waals surface area contributed by atoms with E-state index in [0.29, 0.717) is 44.3 Å². The fourth-order valence-corrected chi connectivity index (χ4v) is 3.43. The van der Waals surface area contributed by atoms with Gasteiger partial charge in [-0.3, -0.25) is 14.4 Å². The molecule has 2 saturated heterocycles. The SMILES string of the molecule is Cl.O=C(c1ccn(C2CCCNC2)n1)N1CCCN(CC(F)F)CC1. The van der Waals surface area contributed by atoms with Crippen molar-refractivity contribution in [3.8, 4) is 0 Å². The summed E-state index contributed by atoms with van der Waals surface area (Å²) < 4.78 is 26.9. The van der Waals surface area contributed by atoms with Crippen LogP contribution in [0.2, 0.25) is 0 Å². The predicted molar refractivity (Wildman–Crippen MR) is 93.6 cm³/mol. The molecular formula is C16H26ClF2N5O. The van der Waals surface area contributed by atoms with Crippen molar-refractivity contribution >= 4 is 18.3 Å². The second-order valence-electron chi connectivity index (χ2n) is 6.52. The molecule has 0 aromatic carbocycles. The molecule has 142 valence electrons. The molecule has 0 spiro atoms. The molecule has 0 saturated carbocycles. The first-order valence-electron chi connectivity index (χ1n) is 8.69. The third-order valence-corrected chi connectivity index (χ3v) is 4.74. The molecular weight excluding hydrogens is 352 g/mol. The lowest BCUT2D eigenvalue weighted by molar-refractivity contribution is 0.0736. The Kier molecular flexibility index (Phi) is 7.58. The molecule has 0 aliphatic carbocycles. The minimum Gasteiger partial charge on any atom is -0.336 e. The Labute approximate surface area is 152 Å². The number of aromatic nitrogens is 2. The van der Waals surface area contributed by atoms with E-state index in [1.54, 1.807) is 15.9 Å². The van der Waals surface area contributed by atoms with Crippen LogP contribution in [0.3, 0.4) is 0 Å². The molecule has 0 radical (unpaired) electrons. The Morgan fingerprint density at radius 3 is 2.84 bits per heavy atom. The van der Waals surface area contributed by atoms with Crippen LogP contribution in [0.1, 0.15) is 35.8 Å². The van der Waals surface area contributed by atoms with Gasteiger partial charge in [0.15, 0.2) is 0 Å². The van der Waals surface area contributed by atoms with E-state index >= 15 is 0 Å². The van der Waals surface area contributed by atoms with Crippen molar-refractivity contribution in [2.24, 2.45) is 0 Å². The first kappa shape index (κ1) is 20.1. The van der Waals surface area contributed by atoms with Gasteiger partial charge in [-0.2, -0.15) is 5.10 Å². The number of carbonyl (C=O) groups excluding carboxylic acids is 1. The average Bonchev–Trinajstić information content (AvgIpc) is 2.96. The standard InChI is InChI=1S/C16H25F2N5O.ClH/c17-15(18)12-21-6-2-7-22(10-9-21)16(24)14-4-8-23(20-14)13-3-1-5-19-11-13;/h4,8,13,15,19H,1-3,5-7,9-12H2;1H. The first-order valence-corrected chi connectivity index (χ1v) is 8.69. The van der Waals surface area contributed by atoms with Crippen molar-refractivity contribution in [1.29, 1.82) is 0 Å². The molecule has 2 fully saturated rings. The van der Waals surface area contributed by atoms with Crippen LogP contribution in [0.4, 0.5) is 8.78 Å². The topological polar surface area (TPSA) is 53.4 Å². The van der Waals surface area contributed by atoms with Crippen molar-refractivity contribution in [3.05, 3.63) is 18.0 Å². The van der Waals surface area contributed by atoms with Gasteiger partial charge in [-0.05, 0) is 31.9 Å². The highest BCUT2D eigenvalue weighted by molar-refractivity contribution is 5.92. The largest absolute Gasteiger partial charge is 0.336 e. The molecule has 3 rings (SSSR count). The quantitative estimate of drug-likeness (QED) is 0.866. The monoisotopic (exact) mass is 377 g/mol. The molecule has 1 N–H and O–H groups in total. The van der Waals surface area contributed by atoms with Crippen LogP contribution in [0.5, 0.6) is 0 Å². The summed E-state index contributed by atoms with van der Waals surface area (Å²) in [4.78, 5) is 16.1. The Balaban J connectivity index is 0.00000225. The summed E-state index contributed by atoms with van der Waals surface area (Å²) in [6.07, 6.45) is 2.43. The van der Waals surface area contributed by atoms with Gasteiger partial charge in [-0.25, -0.2) is 8.78 Å². The maximum Gasteiger partial charge on any atom is 0.274 e. The zero-order valence-electron chi connectivity index (χ0n) is 14.2. The fraction of sp³-hybridized carbons (Fsp3) is 0.750. The third-order valence-electron chi connectivity index (χ3n) is 4.74.